The van der Waals surface area contributed by atoms with Crippen molar-refractivity contribution in [3.8, 4) is 0 Å². The first-order valence-corrected chi connectivity index (χ1v) is 5.63. The van der Waals surface area contributed by atoms with E-state index in [1.165, 1.54) is 0 Å². The third-order valence-corrected chi connectivity index (χ3v) is 2.83. The van der Waals surface area contributed by atoms with Crippen LogP contribution >= 0.6 is 0 Å². The van der Waals surface area contributed by atoms with Crippen molar-refractivity contribution in [1.29, 1.82) is 0 Å². The van der Waals surface area contributed by atoms with Crippen LogP contribution in [0, 0.1) is 5.41 Å². The second-order valence-electron chi connectivity index (χ2n) is 5.16. The van der Waals surface area contributed by atoms with Crippen molar-refractivity contribution in [2.24, 2.45) is 10.6 Å². The maximum atomic E-state index is 9.09. The van der Waals surface area contributed by atoms with Gasteiger partial charge in [0.15, 0.2) is 0 Å². The number of imidazole rings is 1. The fourth-order valence-corrected chi connectivity index (χ4v) is 1.72. The van der Waals surface area contributed by atoms with Gasteiger partial charge >= 0.3 is 0 Å². The lowest BCUT2D eigenvalue weighted by Crippen LogP contribution is -2.25. The number of benzene rings is 1. The largest absolute Gasteiger partial charge is 0.411 e. The first-order valence-electron chi connectivity index (χ1n) is 5.63. The van der Waals surface area contributed by atoms with Crippen molar-refractivity contribution in [2.75, 3.05) is 0 Å². The molecule has 0 aliphatic carbocycles. The Morgan fingerprint density at radius 1 is 1.35 bits per heavy atom. The molecular formula is C13H17N3O. The van der Waals surface area contributed by atoms with Gasteiger partial charge in [0.25, 0.3) is 0 Å². The van der Waals surface area contributed by atoms with Gasteiger partial charge in [-0.2, -0.15) is 0 Å². The predicted octanol–water partition coefficient (Wildman–Crippen LogP) is 2.91. The molecule has 1 N–H and O–H groups in total. The molecule has 90 valence electrons. The fourth-order valence-electron chi connectivity index (χ4n) is 1.72. The molecule has 1 heterocycles. The number of fused-ring (bicyclic) bond motifs is 1. The maximum Gasteiger partial charge on any atom is 0.0961 e. The van der Waals surface area contributed by atoms with Gasteiger partial charge in [-0.1, -0.05) is 38.1 Å². The summed E-state index contributed by atoms with van der Waals surface area (Å²) in [5.41, 5.74) is 2.59. The molecule has 0 spiro atoms. The zero-order valence-electron chi connectivity index (χ0n) is 10.4. The van der Waals surface area contributed by atoms with E-state index in [9.17, 15) is 0 Å². The van der Waals surface area contributed by atoms with Crippen molar-refractivity contribution in [3.05, 3.63) is 30.6 Å². The van der Waals surface area contributed by atoms with Gasteiger partial charge in [-0.3, -0.25) is 0 Å². The average Bonchev–Trinajstić information content (AvgIpc) is 2.67. The summed E-state index contributed by atoms with van der Waals surface area (Å²) in [6.45, 7) is 6.64. The minimum atomic E-state index is -0.153. The summed E-state index contributed by atoms with van der Waals surface area (Å²) in [4.78, 5) is 4.31. The quantitative estimate of drug-likeness (QED) is 0.491. The van der Waals surface area contributed by atoms with Gasteiger partial charge in [-0.25, -0.2) is 4.98 Å². The van der Waals surface area contributed by atoms with Crippen molar-refractivity contribution < 1.29 is 5.21 Å². The zero-order chi connectivity index (χ0) is 12.5. The van der Waals surface area contributed by atoms with Crippen LogP contribution in [0.5, 0.6) is 0 Å². The molecular weight excluding hydrogens is 214 g/mol. The van der Waals surface area contributed by atoms with Crippen LogP contribution in [-0.4, -0.2) is 20.5 Å². The highest BCUT2D eigenvalue weighted by molar-refractivity contribution is 5.89. The van der Waals surface area contributed by atoms with Crippen molar-refractivity contribution in [1.82, 2.24) is 9.55 Å². The minimum Gasteiger partial charge on any atom is -0.411 e. The fraction of sp³-hybridized carbons (Fsp3) is 0.385. The molecule has 0 atom stereocenters. The molecule has 1 aromatic heterocycles. The third-order valence-electron chi connectivity index (χ3n) is 2.83. The van der Waals surface area contributed by atoms with Crippen molar-refractivity contribution in [2.45, 2.75) is 27.3 Å². The zero-order valence-corrected chi connectivity index (χ0v) is 10.4. The van der Waals surface area contributed by atoms with Gasteiger partial charge in [-0.15, -0.1) is 0 Å². The molecule has 0 bridgehead atoms. The molecule has 0 amide bonds. The summed E-state index contributed by atoms with van der Waals surface area (Å²) in [7, 11) is 0. The van der Waals surface area contributed by atoms with E-state index in [1.54, 1.807) is 6.33 Å². The highest BCUT2D eigenvalue weighted by atomic mass is 16.4. The second-order valence-corrected chi connectivity index (χ2v) is 5.16. The van der Waals surface area contributed by atoms with E-state index in [0.29, 0.717) is 6.54 Å². The molecule has 0 aliphatic heterocycles. The molecule has 0 aliphatic rings. The lowest BCUT2D eigenvalue weighted by Gasteiger charge is -2.20. The molecule has 2 aromatic rings. The van der Waals surface area contributed by atoms with Gasteiger partial charge in [-0.05, 0) is 12.1 Å². The lowest BCUT2D eigenvalue weighted by atomic mass is 9.90. The summed E-state index contributed by atoms with van der Waals surface area (Å²) in [6.07, 6.45) is 1.78. The Kier molecular flexibility index (Phi) is 2.88. The Morgan fingerprint density at radius 2 is 2.06 bits per heavy atom. The van der Waals surface area contributed by atoms with Crippen LogP contribution < -0.4 is 0 Å². The number of para-hydroxylation sites is 2. The summed E-state index contributed by atoms with van der Waals surface area (Å²) in [6, 6.07) is 7.93. The molecule has 0 saturated carbocycles. The number of hydrogen-bond donors (Lipinski definition) is 1. The predicted molar refractivity (Wildman–Crippen MR) is 68.4 cm³/mol. The van der Waals surface area contributed by atoms with E-state index < -0.39 is 0 Å². The second kappa shape index (κ2) is 4.20. The molecule has 0 fully saturated rings. The Labute approximate surface area is 101 Å². The topological polar surface area (TPSA) is 50.4 Å². The Bertz CT molecular complexity index is 549. The lowest BCUT2D eigenvalue weighted by molar-refractivity contribution is 0.308. The monoisotopic (exact) mass is 231 g/mol. The normalized spacial score (nSPS) is 13.2. The molecule has 4 nitrogen and oxygen atoms in total. The Hall–Kier alpha value is -1.84. The van der Waals surface area contributed by atoms with Gasteiger partial charge in [0, 0.05) is 5.41 Å². The van der Waals surface area contributed by atoms with Gasteiger partial charge < -0.3 is 9.77 Å². The van der Waals surface area contributed by atoms with Crippen molar-refractivity contribution >= 4 is 16.7 Å². The van der Waals surface area contributed by atoms with Crippen LogP contribution in [0.25, 0.3) is 11.0 Å². The number of nitrogens with zero attached hydrogens (tertiary/aromatic N) is 3. The molecule has 0 saturated heterocycles. The molecule has 1 aromatic carbocycles. The van der Waals surface area contributed by atoms with E-state index in [-0.39, 0.29) is 5.41 Å². The van der Waals surface area contributed by atoms with Gasteiger partial charge in [0.05, 0.1) is 29.6 Å². The highest BCUT2D eigenvalue weighted by Gasteiger charge is 2.20. The average molecular weight is 231 g/mol. The van der Waals surface area contributed by atoms with E-state index in [1.807, 2.05) is 49.6 Å². The maximum absolute atomic E-state index is 9.09. The summed E-state index contributed by atoms with van der Waals surface area (Å²) in [5.74, 6) is 0. The molecule has 2 rings (SSSR count). The Morgan fingerprint density at radius 3 is 2.71 bits per heavy atom. The van der Waals surface area contributed by atoms with Gasteiger partial charge in [0.2, 0.25) is 0 Å². The summed E-state index contributed by atoms with van der Waals surface area (Å²) in [5, 5.41) is 12.5. The smallest absolute Gasteiger partial charge is 0.0961 e. The van der Waals surface area contributed by atoms with Crippen LogP contribution in [0.4, 0.5) is 0 Å². The van der Waals surface area contributed by atoms with Crippen LogP contribution in [0.3, 0.4) is 0 Å². The van der Waals surface area contributed by atoms with Crippen LogP contribution in [0.1, 0.15) is 20.8 Å². The van der Waals surface area contributed by atoms with Crippen LogP contribution in [0.15, 0.2) is 35.7 Å². The molecule has 17 heavy (non-hydrogen) atoms. The van der Waals surface area contributed by atoms with E-state index in [2.05, 4.69) is 10.1 Å². The van der Waals surface area contributed by atoms with E-state index in [0.717, 1.165) is 16.7 Å². The standard InChI is InChI=1S/C13H17N3O/c1-13(2,3)12(15-17)8-16-9-14-10-6-4-5-7-11(10)16/h4-7,9,17H,8H2,1-3H3/b15-12-. The molecule has 4 heteroatoms. The summed E-state index contributed by atoms with van der Waals surface area (Å²) < 4.78 is 2.00. The number of hydrogen-bond acceptors (Lipinski definition) is 3. The molecule has 0 radical (unpaired) electrons. The van der Waals surface area contributed by atoms with Crippen LogP contribution in [-0.2, 0) is 6.54 Å². The minimum absolute atomic E-state index is 0.153. The van der Waals surface area contributed by atoms with Gasteiger partial charge in [0.1, 0.15) is 0 Å². The molecule has 0 unspecified atom stereocenters. The third kappa shape index (κ3) is 2.30. The Balaban J connectivity index is 2.36. The number of rotatable bonds is 2. The first-order chi connectivity index (χ1) is 8.02. The summed E-state index contributed by atoms with van der Waals surface area (Å²) >= 11 is 0. The van der Waals surface area contributed by atoms with E-state index in [4.69, 9.17) is 5.21 Å². The van der Waals surface area contributed by atoms with E-state index >= 15 is 0 Å². The highest BCUT2D eigenvalue weighted by Crippen LogP contribution is 2.19. The van der Waals surface area contributed by atoms with Crippen LogP contribution in [0.2, 0.25) is 0 Å². The number of oxime groups is 1. The van der Waals surface area contributed by atoms with Crippen molar-refractivity contribution in [3.63, 3.8) is 0 Å². The number of aromatic nitrogens is 2. The SMILES string of the molecule is CC(C)(C)/C(Cn1cnc2ccccc21)=N\O. The first kappa shape index (κ1) is 11.6.